The zero-order valence-electron chi connectivity index (χ0n) is 10.4. The van der Waals surface area contributed by atoms with Gasteiger partial charge in [-0.05, 0) is 19.6 Å². The first-order valence-electron chi connectivity index (χ1n) is 5.64. The average molecular weight is 257 g/mol. The lowest BCUT2D eigenvalue weighted by atomic mass is 10.4. The molecule has 1 atom stereocenters. The highest BCUT2D eigenvalue weighted by Crippen LogP contribution is 2.11. The minimum absolute atomic E-state index is 0.168. The van der Waals surface area contributed by atoms with E-state index >= 15 is 0 Å². The summed E-state index contributed by atoms with van der Waals surface area (Å²) in [5.41, 5.74) is 5.58. The number of anilines is 2. The number of rotatable bonds is 7. The smallest absolute Gasteiger partial charge is 0.323 e. The lowest BCUT2D eigenvalue weighted by Crippen LogP contribution is -2.20. The molecule has 1 rings (SSSR count). The highest BCUT2D eigenvalue weighted by molar-refractivity contribution is 7.99. The van der Waals surface area contributed by atoms with E-state index < -0.39 is 0 Å². The van der Waals surface area contributed by atoms with Gasteiger partial charge in [-0.25, -0.2) is 0 Å². The van der Waals surface area contributed by atoms with Crippen molar-refractivity contribution in [3.63, 3.8) is 0 Å². The molecular weight excluding hydrogens is 238 g/mol. The van der Waals surface area contributed by atoms with Gasteiger partial charge in [-0.15, -0.1) is 0 Å². The second kappa shape index (κ2) is 7.16. The molecule has 1 unspecified atom stereocenters. The topological polar surface area (TPSA) is 86.0 Å². The van der Waals surface area contributed by atoms with Crippen LogP contribution < -0.4 is 15.8 Å². The van der Waals surface area contributed by atoms with Crippen molar-refractivity contribution in [3.8, 4) is 6.01 Å². The van der Waals surface area contributed by atoms with E-state index in [-0.39, 0.29) is 18.0 Å². The fourth-order valence-electron chi connectivity index (χ4n) is 1.19. The van der Waals surface area contributed by atoms with Crippen molar-refractivity contribution in [3.05, 3.63) is 0 Å². The van der Waals surface area contributed by atoms with Crippen molar-refractivity contribution in [1.29, 1.82) is 0 Å². The van der Waals surface area contributed by atoms with Crippen LogP contribution in [0.3, 0.4) is 0 Å². The van der Waals surface area contributed by atoms with Gasteiger partial charge in [-0.1, -0.05) is 6.92 Å². The Morgan fingerprint density at radius 1 is 1.35 bits per heavy atom. The Kier molecular flexibility index (Phi) is 5.82. The van der Waals surface area contributed by atoms with Gasteiger partial charge in [0.05, 0.1) is 6.61 Å². The summed E-state index contributed by atoms with van der Waals surface area (Å²) in [6.07, 6.45) is 0. The highest BCUT2D eigenvalue weighted by atomic mass is 32.2. The summed E-state index contributed by atoms with van der Waals surface area (Å²) >= 11 is 1.86. The summed E-state index contributed by atoms with van der Waals surface area (Å²) in [5, 5.41) is 3.17. The number of hydrogen-bond donors (Lipinski definition) is 2. The zero-order valence-corrected chi connectivity index (χ0v) is 11.3. The molecule has 1 heterocycles. The minimum Gasteiger partial charge on any atom is -0.464 e. The van der Waals surface area contributed by atoms with Crippen LogP contribution in [0.15, 0.2) is 0 Å². The Morgan fingerprint density at radius 3 is 2.76 bits per heavy atom. The normalized spacial score (nSPS) is 12.2. The molecule has 17 heavy (non-hydrogen) atoms. The molecule has 0 spiro atoms. The molecule has 0 fully saturated rings. The van der Waals surface area contributed by atoms with Crippen LogP contribution in [0.25, 0.3) is 0 Å². The van der Waals surface area contributed by atoms with E-state index in [1.807, 2.05) is 18.7 Å². The molecule has 0 saturated carbocycles. The second-order valence-electron chi connectivity index (χ2n) is 3.44. The number of nitrogen functional groups attached to an aromatic ring is 1. The van der Waals surface area contributed by atoms with Crippen LogP contribution in [0.1, 0.15) is 20.8 Å². The minimum atomic E-state index is 0.168. The van der Waals surface area contributed by atoms with E-state index in [1.54, 1.807) is 0 Å². The van der Waals surface area contributed by atoms with Crippen LogP contribution in [0.4, 0.5) is 11.9 Å². The van der Waals surface area contributed by atoms with Gasteiger partial charge in [0.1, 0.15) is 0 Å². The molecule has 0 amide bonds. The maximum absolute atomic E-state index is 5.58. The molecule has 3 N–H and O–H groups in total. The third-order valence-corrected chi connectivity index (χ3v) is 3.00. The van der Waals surface area contributed by atoms with E-state index in [1.165, 1.54) is 0 Å². The monoisotopic (exact) mass is 257 g/mol. The lowest BCUT2D eigenvalue weighted by molar-refractivity contribution is 0.312. The predicted molar refractivity (Wildman–Crippen MR) is 71.5 cm³/mol. The van der Waals surface area contributed by atoms with Crippen molar-refractivity contribution in [2.24, 2.45) is 0 Å². The maximum atomic E-state index is 5.58. The Morgan fingerprint density at radius 2 is 2.12 bits per heavy atom. The number of nitrogens with zero attached hydrogens (tertiary/aromatic N) is 3. The quantitative estimate of drug-likeness (QED) is 0.763. The number of nitrogens with one attached hydrogen (secondary N) is 1. The third kappa shape index (κ3) is 5.08. The number of hydrogen-bond acceptors (Lipinski definition) is 7. The van der Waals surface area contributed by atoms with Crippen LogP contribution in [-0.2, 0) is 0 Å². The molecule has 0 saturated heterocycles. The fraction of sp³-hybridized carbons (Fsp3) is 0.700. The molecule has 0 aliphatic rings. The zero-order chi connectivity index (χ0) is 12.7. The van der Waals surface area contributed by atoms with Gasteiger partial charge in [0, 0.05) is 11.8 Å². The average Bonchev–Trinajstić information content (AvgIpc) is 2.26. The summed E-state index contributed by atoms with van der Waals surface area (Å²) in [5.74, 6) is 2.72. The number of aromatic nitrogens is 3. The van der Waals surface area contributed by atoms with Crippen LogP contribution in [-0.4, -0.2) is 39.1 Å². The predicted octanol–water partition coefficient (Wildman–Crippen LogP) is 1.41. The molecule has 1 aromatic heterocycles. The molecule has 7 heteroatoms. The SMILES string of the molecule is CCOc1nc(N)nc(NC(C)CSCC)n1. The molecule has 0 aliphatic heterocycles. The third-order valence-electron chi connectivity index (χ3n) is 1.85. The van der Waals surface area contributed by atoms with Gasteiger partial charge in [0.25, 0.3) is 0 Å². The highest BCUT2D eigenvalue weighted by Gasteiger charge is 2.08. The molecule has 6 nitrogen and oxygen atoms in total. The van der Waals surface area contributed by atoms with E-state index in [9.17, 15) is 0 Å². The largest absolute Gasteiger partial charge is 0.464 e. The van der Waals surface area contributed by atoms with Crippen LogP contribution in [0.2, 0.25) is 0 Å². The summed E-state index contributed by atoms with van der Waals surface area (Å²) in [6.45, 7) is 6.58. The van der Waals surface area contributed by atoms with Gasteiger partial charge in [-0.3, -0.25) is 0 Å². The fourth-order valence-corrected chi connectivity index (χ4v) is 1.86. The van der Waals surface area contributed by atoms with Gasteiger partial charge < -0.3 is 15.8 Å². The molecule has 0 aromatic carbocycles. The van der Waals surface area contributed by atoms with E-state index in [0.717, 1.165) is 11.5 Å². The molecule has 0 radical (unpaired) electrons. The Bertz CT molecular complexity index is 349. The number of ether oxygens (including phenoxy) is 1. The van der Waals surface area contributed by atoms with E-state index in [2.05, 4.69) is 34.1 Å². The van der Waals surface area contributed by atoms with Gasteiger partial charge in [-0.2, -0.15) is 26.7 Å². The van der Waals surface area contributed by atoms with Crippen molar-refractivity contribution in [2.75, 3.05) is 29.2 Å². The second-order valence-corrected chi connectivity index (χ2v) is 4.76. The van der Waals surface area contributed by atoms with Crippen molar-refractivity contribution in [1.82, 2.24) is 15.0 Å². The van der Waals surface area contributed by atoms with Gasteiger partial charge >= 0.3 is 6.01 Å². The molecular formula is C10H19N5OS. The van der Waals surface area contributed by atoms with Gasteiger partial charge in [0.15, 0.2) is 0 Å². The van der Waals surface area contributed by atoms with Crippen molar-refractivity contribution < 1.29 is 4.74 Å². The molecule has 0 bridgehead atoms. The van der Waals surface area contributed by atoms with Crippen LogP contribution in [0.5, 0.6) is 6.01 Å². The van der Waals surface area contributed by atoms with E-state index in [0.29, 0.717) is 12.6 Å². The van der Waals surface area contributed by atoms with E-state index in [4.69, 9.17) is 10.5 Å². The van der Waals surface area contributed by atoms with Gasteiger partial charge in [0.2, 0.25) is 11.9 Å². The number of thioether (sulfide) groups is 1. The molecule has 0 aliphatic carbocycles. The summed E-state index contributed by atoms with van der Waals surface area (Å²) in [7, 11) is 0. The Labute approximate surface area is 106 Å². The standard InChI is InChI=1S/C10H19N5OS/c1-4-16-10-14-8(11)13-9(15-10)12-7(3)6-17-5-2/h7H,4-6H2,1-3H3,(H3,11,12,13,14,15). The van der Waals surface area contributed by atoms with Crippen LogP contribution in [0, 0.1) is 0 Å². The summed E-state index contributed by atoms with van der Waals surface area (Å²) < 4.78 is 5.20. The maximum Gasteiger partial charge on any atom is 0.323 e. The van der Waals surface area contributed by atoms with Crippen molar-refractivity contribution >= 4 is 23.7 Å². The Hall–Kier alpha value is -1.24. The first-order valence-corrected chi connectivity index (χ1v) is 6.79. The van der Waals surface area contributed by atoms with Crippen LogP contribution >= 0.6 is 11.8 Å². The first kappa shape index (κ1) is 13.8. The molecule has 96 valence electrons. The summed E-state index contributed by atoms with van der Waals surface area (Å²) in [4.78, 5) is 12.0. The number of nitrogens with two attached hydrogens (primary N) is 1. The summed E-state index contributed by atoms with van der Waals surface area (Å²) in [6, 6.07) is 0.536. The van der Waals surface area contributed by atoms with Crippen molar-refractivity contribution in [2.45, 2.75) is 26.8 Å². The Balaban J connectivity index is 2.63. The molecule has 1 aromatic rings. The lowest BCUT2D eigenvalue weighted by Gasteiger charge is -2.13. The first-order chi connectivity index (χ1) is 8.15.